The largest absolute Gasteiger partial charge is 0.478 e. The molecule has 0 aliphatic heterocycles. The zero-order valence-corrected chi connectivity index (χ0v) is 11.9. The number of hydrogen-bond donors (Lipinski definition) is 3. The van der Waals surface area contributed by atoms with E-state index in [1.807, 2.05) is 0 Å². The molecule has 1 saturated carbocycles. The zero-order valence-electron chi connectivity index (χ0n) is 11.9. The Bertz CT molecular complexity index is 599. The second-order valence-corrected chi connectivity index (χ2v) is 5.22. The van der Waals surface area contributed by atoms with Gasteiger partial charge in [0.25, 0.3) is 0 Å². The summed E-state index contributed by atoms with van der Waals surface area (Å²) in [5.74, 6) is -2.18. The van der Waals surface area contributed by atoms with Crippen LogP contribution in [0.15, 0.2) is 18.2 Å². The quantitative estimate of drug-likeness (QED) is 0.669. The highest BCUT2D eigenvalue weighted by atomic mass is 19.1. The van der Waals surface area contributed by atoms with Crippen LogP contribution in [0.5, 0.6) is 0 Å². The van der Waals surface area contributed by atoms with E-state index in [4.69, 9.17) is 5.11 Å². The fraction of sp³-hybridized carbons (Fsp3) is 0.400. The molecule has 2 amide bonds. The van der Waals surface area contributed by atoms with Gasteiger partial charge in [-0.15, -0.1) is 0 Å². The van der Waals surface area contributed by atoms with Crippen molar-refractivity contribution in [3.63, 3.8) is 0 Å². The van der Waals surface area contributed by atoms with E-state index in [2.05, 4.69) is 10.6 Å². The van der Waals surface area contributed by atoms with Crippen LogP contribution in [0, 0.1) is 11.7 Å². The fourth-order valence-corrected chi connectivity index (χ4v) is 1.92. The van der Waals surface area contributed by atoms with Crippen molar-refractivity contribution in [2.24, 2.45) is 5.92 Å². The van der Waals surface area contributed by atoms with Gasteiger partial charge in [0, 0.05) is 18.9 Å². The van der Waals surface area contributed by atoms with E-state index in [0.29, 0.717) is 13.0 Å². The Balaban J connectivity index is 1.77. The third-order valence-electron chi connectivity index (χ3n) is 3.32. The average molecular weight is 308 g/mol. The van der Waals surface area contributed by atoms with Gasteiger partial charge >= 0.3 is 5.97 Å². The van der Waals surface area contributed by atoms with Crippen molar-refractivity contribution in [3.05, 3.63) is 29.6 Å². The molecule has 3 N–H and O–H groups in total. The molecule has 0 atom stereocenters. The molecule has 0 saturated heterocycles. The van der Waals surface area contributed by atoms with Gasteiger partial charge in [-0.2, -0.15) is 0 Å². The Kier molecular flexibility index (Phi) is 5.08. The minimum Gasteiger partial charge on any atom is -0.478 e. The van der Waals surface area contributed by atoms with Gasteiger partial charge in [0.2, 0.25) is 11.8 Å². The Morgan fingerprint density at radius 3 is 2.64 bits per heavy atom. The summed E-state index contributed by atoms with van der Waals surface area (Å²) in [7, 11) is 0. The van der Waals surface area contributed by atoms with Crippen LogP contribution in [0.1, 0.15) is 36.0 Å². The number of amides is 2. The molecule has 0 unspecified atom stereocenters. The number of anilines is 1. The maximum Gasteiger partial charge on any atom is 0.335 e. The molecule has 0 radical (unpaired) electrons. The standard InChI is InChI=1S/C15H17FN2O4/c16-11-6-5-10(15(21)22)8-12(11)18-13(19)2-1-7-17-14(20)9-3-4-9/h5-6,8-9H,1-4,7H2,(H,17,20)(H,18,19)(H,21,22). The first-order chi connectivity index (χ1) is 10.5. The SMILES string of the molecule is O=C(CCCNC(=O)C1CC1)Nc1cc(C(=O)O)ccc1F. The molecule has 1 aromatic carbocycles. The van der Waals surface area contributed by atoms with Crippen LogP contribution in [0.3, 0.4) is 0 Å². The third-order valence-corrected chi connectivity index (χ3v) is 3.32. The van der Waals surface area contributed by atoms with Gasteiger partial charge in [0.05, 0.1) is 11.3 Å². The number of halogens is 1. The number of nitrogens with one attached hydrogen (secondary N) is 2. The van der Waals surface area contributed by atoms with E-state index in [0.717, 1.165) is 31.0 Å². The van der Waals surface area contributed by atoms with Gasteiger partial charge < -0.3 is 15.7 Å². The molecule has 118 valence electrons. The summed E-state index contributed by atoms with van der Waals surface area (Å²) < 4.78 is 13.5. The Morgan fingerprint density at radius 2 is 2.00 bits per heavy atom. The normalized spacial score (nSPS) is 13.5. The van der Waals surface area contributed by atoms with Crippen molar-refractivity contribution in [1.82, 2.24) is 5.32 Å². The number of carboxylic acids is 1. The van der Waals surface area contributed by atoms with Gasteiger partial charge in [-0.25, -0.2) is 9.18 Å². The number of rotatable bonds is 7. The molecule has 6 nitrogen and oxygen atoms in total. The van der Waals surface area contributed by atoms with Crippen LogP contribution < -0.4 is 10.6 Å². The number of carbonyl (C=O) groups is 3. The van der Waals surface area contributed by atoms with Crippen LogP contribution in [0.2, 0.25) is 0 Å². The number of benzene rings is 1. The van der Waals surface area contributed by atoms with Crippen molar-refractivity contribution >= 4 is 23.5 Å². The van der Waals surface area contributed by atoms with Crippen molar-refractivity contribution in [1.29, 1.82) is 0 Å². The van der Waals surface area contributed by atoms with Gasteiger partial charge in [0.15, 0.2) is 0 Å². The maximum absolute atomic E-state index is 13.5. The molecular weight excluding hydrogens is 291 g/mol. The summed E-state index contributed by atoms with van der Waals surface area (Å²) in [4.78, 5) is 33.9. The number of carboxylic acid groups (broad SMARTS) is 1. The summed E-state index contributed by atoms with van der Waals surface area (Å²) in [5.41, 5.74) is -0.264. The lowest BCUT2D eigenvalue weighted by Crippen LogP contribution is -2.26. The smallest absolute Gasteiger partial charge is 0.335 e. The molecule has 1 fully saturated rings. The van der Waals surface area contributed by atoms with Crippen molar-refractivity contribution < 1.29 is 23.9 Å². The van der Waals surface area contributed by atoms with Gasteiger partial charge in [-0.1, -0.05) is 0 Å². The fourth-order valence-electron chi connectivity index (χ4n) is 1.92. The first-order valence-corrected chi connectivity index (χ1v) is 7.08. The molecule has 1 aromatic rings. The monoisotopic (exact) mass is 308 g/mol. The lowest BCUT2D eigenvalue weighted by molar-refractivity contribution is -0.122. The molecule has 1 aliphatic rings. The molecule has 2 rings (SSSR count). The molecule has 22 heavy (non-hydrogen) atoms. The molecular formula is C15H17FN2O4. The molecule has 0 spiro atoms. The van der Waals surface area contributed by atoms with Gasteiger partial charge in [0.1, 0.15) is 5.82 Å². The van der Waals surface area contributed by atoms with E-state index in [9.17, 15) is 18.8 Å². The summed E-state index contributed by atoms with van der Waals surface area (Å²) in [6, 6.07) is 3.19. The lowest BCUT2D eigenvalue weighted by atomic mass is 10.2. The number of aromatic carboxylic acids is 1. The third kappa shape index (κ3) is 4.54. The molecule has 0 heterocycles. The minimum atomic E-state index is -1.20. The lowest BCUT2D eigenvalue weighted by Gasteiger charge is -2.08. The highest BCUT2D eigenvalue weighted by molar-refractivity contribution is 5.94. The van der Waals surface area contributed by atoms with E-state index >= 15 is 0 Å². The second-order valence-electron chi connectivity index (χ2n) is 5.22. The molecule has 1 aliphatic carbocycles. The minimum absolute atomic E-state index is 0.0145. The average Bonchev–Trinajstić information content (AvgIpc) is 3.30. The highest BCUT2D eigenvalue weighted by Crippen LogP contribution is 2.28. The highest BCUT2D eigenvalue weighted by Gasteiger charge is 2.28. The van der Waals surface area contributed by atoms with E-state index < -0.39 is 17.7 Å². The molecule has 0 aromatic heterocycles. The summed E-state index contributed by atoms with van der Waals surface area (Å²) in [6.45, 7) is 0.389. The van der Waals surface area contributed by atoms with Crippen molar-refractivity contribution in [2.75, 3.05) is 11.9 Å². The van der Waals surface area contributed by atoms with Crippen LogP contribution in [0.25, 0.3) is 0 Å². The Labute approximate surface area is 126 Å². The Hall–Kier alpha value is -2.44. The number of hydrogen-bond acceptors (Lipinski definition) is 3. The van der Waals surface area contributed by atoms with Gasteiger partial charge in [-0.05, 0) is 37.5 Å². The van der Waals surface area contributed by atoms with Crippen molar-refractivity contribution in [2.45, 2.75) is 25.7 Å². The van der Waals surface area contributed by atoms with Crippen LogP contribution in [-0.2, 0) is 9.59 Å². The van der Waals surface area contributed by atoms with Gasteiger partial charge in [-0.3, -0.25) is 9.59 Å². The summed E-state index contributed by atoms with van der Waals surface area (Å²) in [5, 5.41) is 13.9. The van der Waals surface area contributed by atoms with Crippen molar-refractivity contribution in [3.8, 4) is 0 Å². The zero-order chi connectivity index (χ0) is 16.1. The molecule has 0 bridgehead atoms. The first kappa shape index (κ1) is 15.9. The maximum atomic E-state index is 13.5. The summed E-state index contributed by atoms with van der Waals surface area (Å²) in [6.07, 6.45) is 2.39. The van der Waals surface area contributed by atoms with E-state index in [1.165, 1.54) is 0 Å². The van der Waals surface area contributed by atoms with Crippen LogP contribution in [-0.4, -0.2) is 29.4 Å². The molecule has 7 heteroatoms. The number of carbonyl (C=O) groups excluding carboxylic acids is 2. The predicted molar refractivity (Wildman–Crippen MR) is 77.0 cm³/mol. The summed E-state index contributed by atoms with van der Waals surface area (Å²) >= 11 is 0. The van der Waals surface area contributed by atoms with Crippen LogP contribution >= 0.6 is 0 Å². The van der Waals surface area contributed by atoms with E-state index in [-0.39, 0.29) is 29.5 Å². The Morgan fingerprint density at radius 1 is 1.27 bits per heavy atom. The second kappa shape index (κ2) is 7.02. The predicted octanol–water partition coefficient (Wildman–Crippen LogP) is 1.77. The topological polar surface area (TPSA) is 95.5 Å². The van der Waals surface area contributed by atoms with E-state index in [1.54, 1.807) is 0 Å². The first-order valence-electron chi connectivity index (χ1n) is 7.08. The van der Waals surface area contributed by atoms with Crippen LogP contribution in [0.4, 0.5) is 10.1 Å².